The van der Waals surface area contributed by atoms with Gasteiger partial charge in [-0.2, -0.15) is 5.26 Å². The maximum atomic E-state index is 12.8. The fraction of sp³-hybridized carbons (Fsp3) is 0.154. The van der Waals surface area contributed by atoms with E-state index >= 15 is 0 Å². The van der Waals surface area contributed by atoms with Crippen LogP contribution in [-0.4, -0.2) is 34.4 Å². The molecule has 0 N–H and O–H groups in total. The minimum Gasteiger partial charge on any atom is -0.493 e. The lowest BCUT2D eigenvalue weighted by molar-refractivity contribution is 0.0728. The van der Waals surface area contributed by atoms with E-state index < -0.39 is 5.97 Å². The van der Waals surface area contributed by atoms with E-state index in [1.54, 1.807) is 24.3 Å². The van der Waals surface area contributed by atoms with Crippen molar-refractivity contribution in [3.63, 3.8) is 0 Å². The predicted octanol–water partition coefficient (Wildman–Crippen LogP) is 5.00. The fourth-order valence-corrected chi connectivity index (χ4v) is 3.18. The molecule has 0 heterocycles. The van der Waals surface area contributed by atoms with Gasteiger partial charge in [-0.3, -0.25) is 0 Å². The second kappa shape index (κ2) is 10.7. The number of allylic oxidation sites excluding steroid dienone is 1. The number of hydrogen-bond acceptors (Lipinski definition) is 7. The fourth-order valence-electron chi connectivity index (χ4n) is 3.18. The third kappa shape index (κ3) is 5.25. The SMILES string of the molecule is COc1cc(/C=C(\C#N)c2ccccc2)ccc1OC(=O)c1cc(OC)c(OC)c(OC)c1. The third-order valence-corrected chi connectivity index (χ3v) is 4.81. The Hall–Kier alpha value is -4.44. The maximum Gasteiger partial charge on any atom is 0.343 e. The van der Waals surface area contributed by atoms with E-state index in [9.17, 15) is 10.1 Å². The molecule has 0 aromatic heterocycles. The van der Waals surface area contributed by atoms with Gasteiger partial charge >= 0.3 is 5.97 Å². The van der Waals surface area contributed by atoms with E-state index in [4.69, 9.17) is 23.7 Å². The molecular weight excluding hydrogens is 422 g/mol. The maximum absolute atomic E-state index is 12.8. The number of ether oxygens (including phenoxy) is 5. The van der Waals surface area contributed by atoms with Crippen molar-refractivity contribution in [2.45, 2.75) is 0 Å². The van der Waals surface area contributed by atoms with Crippen molar-refractivity contribution < 1.29 is 28.5 Å². The summed E-state index contributed by atoms with van der Waals surface area (Å²) < 4.78 is 26.8. The summed E-state index contributed by atoms with van der Waals surface area (Å²) in [6.07, 6.45) is 1.74. The van der Waals surface area contributed by atoms with E-state index in [-0.39, 0.29) is 11.3 Å². The van der Waals surface area contributed by atoms with Crippen molar-refractivity contribution in [2.75, 3.05) is 28.4 Å². The number of carbonyl (C=O) groups excluding carboxylic acids is 1. The number of rotatable bonds is 8. The highest BCUT2D eigenvalue weighted by atomic mass is 16.6. The Kier molecular flexibility index (Phi) is 7.55. The van der Waals surface area contributed by atoms with Gasteiger partial charge in [0.1, 0.15) is 0 Å². The van der Waals surface area contributed by atoms with Crippen LogP contribution in [0.15, 0.2) is 60.7 Å². The molecule has 0 unspecified atom stereocenters. The molecule has 0 aliphatic carbocycles. The average molecular weight is 445 g/mol. The molecule has 7 nitrogen and oxygen atoms in total. The van der Waals surface area contributed by atoms with Crippen molar-refractivity contribution in [3.8, 4) is 34.8 Å². The second-order valence-corrected chi connectivity index (χ2v) is 6.75. The molecule has 0 saturated carbocycles. The van der Waals surface area contributed by atoms with Crippen molar-refractivity contribution in [2.24, 2.45) is 0 Å². The van der Waals surface area contributed by atoms with Crippen molar-refractivity contribution in [1.82, 2.24) is 0 Å². The van der Waals surface area contributed by atoms with Crippen LogP contribution < -0.4 is 23.7 Å². The summed E-state index contributed by atoms with van der Waals surface area (Å²) in [5.74, 6) is 0.985. The Morgan fingerprint density at radius 3 is 1.94 bits per heavy atom. The monoisotopic (exact) mass is 445 g/mol. The van der Waals surface area contributed by atoms with Crippen LogP contribution >= 0.6 is 0 Å². The van der Waals surface area contributed by atoms with Crippen LogP contribution in [0.5, 0.6) is 28.7 Å². The van der Waals surface area contributed by atoms with Crippen LogP contribution in [-0.2, 0) is 0 Å². The molecule has 0 bridgehead atoms. The molecule has 0 fully saturated rings. The average Bonchev–Trinajstić information content (AvgIpc) is 2.87. The van der Waals surface area contributed by atoms with Gasteiger partial charge in [-0.25, -0.2) is 4.79 Å². The molecule has 3 rings (SSSR count). The van der Waals surface area contributed by atoms with E-state index in [0.29, 0.717) is 28.6 Å². The van der Waals surface area contributed by atoms with Crippen LogP contribution in [0.2, 0.25) is 0 Å². The topological polar surface area (TPSA) is 87.0 Å². The lowest BCUT2D eigenvalue weighted by Crippen LogP contribution is -2.10. The van der Waals surface area contributed by atoms with Crippen LogP contribution in [0.1, 0.15) is 21.5 Å². The van der Waals surface area contributed by atoms with Crippen LogP contribution in [0.3, 0.4) is 0 Å². The van der Waals surface area contributed by atoms with Gasteiger partial charge in [-0.15, -0.1) is 0 Å². The number of carbonyl (C=O) groups is 1. The minimum atomic E-state index is -0.627. The quantitative estimate of drug-likeness (QED) is 0.209. The highest BCUT2D eigenvalue weighted by molar-refractivity contribution is 5.93. The molecule has 0 aliphatic rings. The first-order valence-electron chi connectivity index (χ1n) is 9.92. The van der Waals surface area contributed by atoms with Gasteiger partial charge in [0.15, 0.2) is 23.0 Å². The lowest BCUT2D eigenvalue weighted by Gasteiger charge is -2.14. The van der Waals surface area contributed by atoms with Crippen LogP contribution in [0.4, 0.5) is 0 Å². The number of hydrogen-bond donors (Lipinski definition) is 0. The number of methoxy groups -OCH3 is 4. The van der Waals surface area contributed by atoms with Gasteiger partial charge in [-0.1, -0.05) is 36.4 Å². The number of nitrogens with zero attached hydrogens (tertiary/aromatic N) is 1. The first-order valence-corrected chi connectivity index (χ1v) is 9.92. The van der Waals surface area contributed by atoms with Crippen LogP contribution in [0, 0.1) is 11.3 Å². The molecule has 168 valence electrons. The molecule has 0 amide bonds. The van der Waals surface area contributed by atoms with E-state index in [1.165, 1.54) is 40.6 Å². The zero-order valence-electron chi connectivity index (χ0n) is 18.7. The molecule has 3 aromatic rings. The van der Waals surface area contributed by atoms with Gasteiger partial charge < -0.3 is 23.7 Å². The molecule has 0 spiro atoms. The van der Waals surface area contributed by atoms with Gasteiger partial charge in [0.25, 0.3) is 0 Å². The highest BCUT2D eigenvalue weighted by Crippen LogP contribution is 2.39. The van der Waals surface area contributed by atoms with Gasteiger partial charge in [0.2, 0.25) is 5.75 Å². The molecule has 7 heteroatoms. The summed E-state index contributed by atoms with van der Waals surface area (Å²) >= 11 is 0. The second-order valence-electron chi connectivity index (χ2n) is 6.75. The smallest absolute Gasteiger partial charge is 0.343 e. The Morgan fingerprint density at radius 1 is 0.758 bits per heavy atom. The van der Waals surface area contributed by atoms with Crippen molar-refractivity contribution in [3.05, 3.63) is 77.4 Å². The number of nitriles is 1. The summed E-state index contributed by atoms with van der Waals surface area (Å²) in [4.78, 5) is 12.8. The summed E-state index contributed by atoms with van der Waals surface area (Å²) in [5.41, 5.74) is 2.24. The van der Waals surface area contributed by atoms with E-state index in [2.05, 4.69) is 6.07 Å². The standard InChI is InChI=1S/C26H23NO6/c1-29-22-13-17(12-20(16-27)18-8-6-5-7-9-18)10-11-21(22)33-26(28)19-14-23(30-2)25(32-4)24(15-19)31-3/h5-15H,1-4H3/b20-12+. The summed E-state index contributed by atoms with van der Waals surface area (Å²) in [5, 5.41) is 9.54. The predicted molar refractivity (Wildman–Crippen MR) is 124 cm³/mol. The first-order chi connectivity index (χ1) is 16.0. The molecule has 0 radical (unpaired) electrons. The van der Waals surface area contributed by atoms with Crippen LogP contribution in [0.25, 0.3) is 11.6 Å². The summed E-state index contributed by atoms with van der Waals surface area (Å²) in [6.45, 7) is 0. The van der Waals surface area contributed by atoms with Crippen molar-refractivity contribution in [1.29, 1.82) is 5.26 Å². The number of benzene rings is 3. The molecular formula is C26H23NO6. The van der Waals surface area contributed by atoms with Gasteiger partial charge in [0.05, 0.1) is 45.6 Å². The largest absolute Gasteiger partial charge is 0.493 e. The Morgan fingerprint density at radius 2 is 1.39 bits per heavy atom. The molecule has 3 aromatic carbocycles. The van der Waals surface area contributed by atoms with E-state index in [0.717, 1.165) is 11.1 Å². The molecule has 0 atom stereocenters. The normalized spacial score (nSPS) is 10.7. The van der Waals surface area contributed by atoms with Gasteiger partial charge in [-0.05, 0) is 41.5 Å². The van der Waals surface area contributed by atoms with Gasteiger partial charge in [0, 0.05) is 0 Å². The first kappa shape index (κ1) is 23.2. The number of esters is 1. The summed E-state index contributed by atoms with van der Waals surface area (Å²) in [6, 6.07) is 19.6. The zero-order chi connectivity index (χ0) is 23.8. The molecule has 33 heavy (non-hydrogen) atoms. The molecule has 0 aliphatic heterocycles. The van der Waals surface area contributed by atoms with E-state index in [1.807, 2.05) is 30.3 Å². The lowest BCUT2D eigenvalue weighted by atomic mass is 10.0. The summed E-state index contributed by atoms with van der Waals surface area (Å²) in [7, 11) is 5.88. The molecule has 0 saturated heterocycles. The highest BCUT2D eigenvalue weighted by Gasteiger charge is 2.19. The third-order valence-electron chi connectivity index (χ3n) is 4.81. The Balaban J connectivity index is 1.90. The minimum absolute atomic E-state index is 0.214. The Labute approximate surface area is 192 Å². The zero-order valence-corrected chi connectivity index (χ0v) is 18.7. The Bertz CT molecular complexity index is 1190. The van der Waals surface area contributed by atoms with Crippen molar-refractivity contribution >= 4 is 17.6 Å².